The van der Waals surface area contributed by atoms with E-state index in [0.29, 0.717) is 25.9 Å². The molecule has 1 aliphatic heterocycles. The van der Waals surface area contributed by atoms with Crippen molar-refractivity contribution >= 4 is 18.0 Å². The fourth-order valence-electron chi connectivity index (χ4n) is 5.39. The van der Waals surface area contributed by atoms with Gasteiger partial charge in [-0.15, -0.1) is 0 Å². The Kier molecular flexibility index (Phi) is 7.15. The van der Waals surface area contributed by atoms with Crippen molar-refractivity contribution in [3.8, 4) is 11.1 Å². The van der Waals surface area contributed by atoms with Gasteiger partial charge >= 0.3 is 12.1 Å². The van der Waals surface area contributed by atoms with Gasteiger partial charge in [0, 0.05) is 31.5 Å². The van der Waals surface area contributed by atoms with E-state index in [1.807, 2.05) is 45.0 Å². The fourth-order valence-corrected chi connectivity index (χ4v) is 5.39. The Labute approximate surface area is 206 Å². The zero-order valence-electron chi connectivity index (χ0n) is 20.6. The molecule has 0 spiro atoms. The van der Waals surface area contributed by atoms with Gasteiger partial charge < -0.3 is 20.1 Å². The highest BCUT2D eigenvalue weighted by molar-refractivity contribution is 5.82. The Hall–Kier alpha value is -3.35. The first-order valence-corrected chi connectivity index (χ1v) is 12.4. The minimum Gasteiger partial charge on any atom is -0.481 e. The monoisotopic (exact) mass is 478 g/mol. The van der Waals surface area contributed by atoms with E-state index >= 15 is 0 Å². The third-order valence-electron chi connectivity index (χ3n) is 7.76. The van der Waals surface area contributed by atoms with E-state index in [0.717, 1.165) is 11.1 Å². The maximum absolute atomic E-state index is 12.9. The Morgan fingerprint density at radius 3 is 2.20 bits per heavy atom. The van der Waals surface area contributed by atoms with Crippen molar-refractivity contribution in [1.29, 1.82) is 0 Å². The number of carboxylic acid groups (broad SMARTS) is 1. The summed E-state index contributed by atoms with van der Waals surface area (Å²) in [5.74, 6) is -1.28. The van der Waals surface area contributed by atoms with E-state index < -0.39 is 17.5 Å². The largest absolute Gasteiger partial charge is 0.481 e. The second kappa shape index (κ2) is 10.1. The van der Waals surface area contributed by atoms with Crippen LogP contribution in [0.2, 0.25) is 0 Å². The molecule has 0 bridgehead atoms. The Morgan fingerprint density at radius 2 is 1.66 bits per heavy atom. The lowest BCUT2D eigenvalue weighted by Crippen LogP contribution is -2.42. The maximum Gasteiger partial charge on any atom is 0.407 e. The average molecular weight is 479 g/mol. The van der Waals surface area contributed by atoms with Gasteiger partial charge in [-0.2, -0.15) is 0 Å². The van der Waals surface area contributed by atoms with E-state index in [2.05, 4.69) is 29.6 Å². The van der Waals surface area contributed by atoms with Crippen molar-refractivity contribution in [3.63, 3.8) is 0 Å². The summed E-state index contributed by atoms with van der Waals surface area (Å²) < 4.78 is 5.55. The smallest absolute Gasteiger partial charge is 0.407 e. The van der Waals surface area contributed by atoms with Crippen LogP contribution in [0.1, 0.15) is 50.7 Å². The Balaban J connectivity index is 1.25. The quantitative estimate of drug-likeness (QED) is 0.582. The molecule has 2 aromatic rings. The molecule has 186 valence electrons. The molecule has 7 nitrogen and oxygen atoms in total. The van der Waals surface area contributed by atoms with Crippen LogP contribution in [0.5, 0.6) is 0 Å². The zero-order valence-corrected chi connectivity index (χ0v) is 20.6. The summed E-state index contributed by atoms with van der Waals surface area (Å²) in [5, 5.41) is 12.5. The van der Waals surface area contributed by atoms with E-state index in [9.17, 15) is 19.5 Å². The third-order valence-corrected chi connectivity index (χ3v) is 7.76. The molecular formula is C28H34N2O5. The van der Waals surface area contributed by atoms with Gasteiger partial charge in [0.1, 0.15) is 6.61 Å². The lowest BCUT2D eigenvalue weighted by Gasteiger charge is -2.29. The molecule has 35 heavy (non-hydrogen) atoms. The molecule has 0 radical (unpaired) electrons. The fraction of sp³-hybridized carbons (Fsp3) is 0.464. The normalized spacial score (nSPS) is 19.8. The van der Waals surface area contributed by atoms with Crippen LogP contribution in [0.25, 0.3) is 11.1 Å². The molecule has 2 amide bonds. The number of hydrogen-bond donors (Lipinski definition) is 2. The molecule has 2 unspecified atom stereocenters. The molecule has 2 aromatic carbocycles. The van der Waals surface area contributed by atoms with Crippen LogP contribution in [-0.2, 0) is 14.3 Å². The molecule has 0 saturated carbocycles. The number of nitrogens with zero attached hydrogens (tertiary/aromatic N) is 1. The van der Waals surface area contributed by atoms with Crippen LogP contribution in [-0.4, -0.2) is 54.2 Å². The standard InChI is InChI=1S/C28H34N2O5/c1-18(2)28(26(32)33)13-15-30(17-28)25(31)19(3)12-14-29-27(34)35-16-24-22-10-6-4-8-20(22)21-9-5-7-11-23(21)24/h4-11,18-19,24H,12-17H2,1-3H3,(H,29,34)(H,32,33). The lowest BCUT2D eigenvalue weighted by atomic mass is 9.76. The average Bonchev–Trinajstić information content (AvgIpc) is 3.44. The van der Waals surface area contributed by atoms with Gasteiger partial charge in [0.25, 0.3) is 0 Å². The Morgan fingerprint density at radius 1 is 1.06 bits per heavy atom. The topological polar surface area (TPSA) is 95.9 Å². The van der Waals surface area contributed by atoms with Gasteiger partial charge in [-0.3, -0.25) is 9.59 Å². The third kappa shape index (κ3) is 4.77. The number of likely N-dealkylation sites (tertiary alicyclic amines) is 1. The van der Waals surface area contributed by atoms with Crippen LogP contribution in [0.15, 0.2) is 48.5 Å². The number of ether oxygens (including phenoxy) is 1. The van der Waals surface area contributed by atoms with E-state index in [-0.39, 0.29) is 36.8 Å². The summed E-state index contributed by atoms with van der Waals surface area (Å²) >= 11 is 0. The number of carboxylic acids is 1. The van der Waals surface area contributed by atoms with Crippen LogP contribution >= 0.6 is 0 Å². The molecule has 1 saturated heterocycles. The number of alkyl carbamates (subject to hydrolysis) is 1. The molecule has 2 atom stereocenters. The van der Waals surface area contributed by atoms with Crippen molar-refractivity contribution in [3.05, 3.63) is 59.7 Å². The van der Waals surface area contributed by atoms with Gasteiger partial charge in [-0.25, -0.2) is 4.79 Å². The van der Waals surface area contributed by atoms with Crippen molar-refractivity contribution in [2.75, 3.05) is 26.2 Å². The van der Waals surface area contributed by atoms with Gasteiger partial charge in [-0.1, -0.05) is 69.3 Å². The molecule has 2 aliphatic rings. The number of benzene rings is 2. The van der Waals surface area contributed by atoms with E-state index in [1.165, 1.54) is 11.1 Å². The number of nitrogens with one attached hydrogen (secondary N) is 1. The van der Waals surface area contributed by atoms with Crippen molar-refractivity contribution < 1.29 is 24.2 Å². The number of rotatable bonds is 8. The van der Waals surface area contributed by atoms with Crippen molar-refractivity contribution in [2.24, 2.45) is 17.3 Å². The molecule has 1 aliphatic carbocycles. The van der Waals surface area contributed by atoms with Gasteiger partial charge in [-0.05, 0) is 41.0 Å². The number of carbonyl (C=O) groups is 3. The van der Waals surface area contributed by atoms with Crippen LogP contribution in [0.3, 0.4) is 0 Å². The summed E-state index contributed by atoms with van der Waals surface area (Å²) in [6, 6.07) is 16.4. The van der Waals surface area contributed by atoms with Gasteiger partial charge in [0.2, 0.25) is 5.91 Å². The van der Waals surface area contributed by atoms with Crippen LogP contribution < -0.4 is 5.32 Å². The molecule has 0 aromatic heterocycles. The van der Waals surface area contributed by atoms with Crippen molar-refractivity contribution in [2.45, 2.75) is 39.5 Å². The SMILES string of the molecule is CC(CCNC(=O)OCC1c2ccccc2-c2ccccc21)C(=O)N1CCC(C(=O)O)(C(C)C)C1. The van der Waals surface area contributed by atoms with Gasteiger partial charge in [0.15, 0.2) is 0 Å². The number of hydrogen-bond acceptors (Lipinski definition) is 4. The van der Waals surface area contributed by atoms with Crippen LogP contribution in [0.4, 0.5) is 4.79 Å². The van der Waals surface area contributed by atoms with E-state index in [1.54, 1.807) is 4.90 Å². The van der Waals surface area contributed by atoms with Crippen molar-refractivity contribution in [1.82, 2.24) is 10.2 Å². The summed E-state index contributed by atoms with van der Waals surface area (Å²) in [7, 11) is 0. The Bertz CT molecular complexity index is 1070. The number of amides is 2. The molecular weight excluding hydrogens is 444 g/mol. The first-order chi connectivity index (χ1) is 16.7. The minimum absolute atomic E-state index is 0.000669. The highest BCUT2D eigenvalue weighted by Gasteiger charge is 2.48. The molecule has 1 fully saturated rings. The second-order valence-corrected chi connectivity index (χ2v) is 10.1. The highest BCUT2D eigenvalue weighted by atomic mass is 16.5. The zero-order chi connectivity index (χ0) is 25.2. The number of aliphatic carboxylic acids is 1. The number of carbonyl (C=O) groups excluding carboxylic acids is 2. The lowest BCUT2D eigenvalue weighted by molar-refractivity contribution is -0.151. The summed E-state index contributed by atoms with van der Waals surface area (Å²) in [5.41, 5.74) is 3.79. The predicted molar refractivity (Wildman–Crippen MR) is 133 cm³/mol. The molecule has 1 heterocycles. The van der Waals surface area contributed by atoms with Crippen LogP contribution in [0, 0.1) is 17.3 Å². The number of fused-ring (bicyclic) bond motifs is 3. The summed E-state index contributed by atoms with van der Waals surface area (Å²) in [4.78, 5) is 38.8. The molecule has 2 N–H and O–H groups in total. The first kappa shape index (κ1) is 24.8. The maximum atomic E-state index is 12.9. The summed E-state index contributed by atoms with van der Waals surface area (Å²) in [6.45, 7) is 6.85. The second-order valence-electron chi connectivity index (χ2n) is 10.1. The minimum atomic E-state index is -0.880. The summed E-state index contributed by atoms with van der Waals surface area (Å²) in [6.07, 6.45) is 0.426. The first-order valence-electron chi connectivity index (χ1n) is 12.4. The predicted octanol–water partition coefficient (Wildman–Crippen LogP) is 4.51. The molecule has 7 heteroatoms. The molecule has 4 rings (SSSR count). The van der Waals surface area contributed by atoms with E-state index in [4.69, 9.17) is 4.74 Å². The highest BCUT2D eigenvalue weighted by Crippen LogP contribution is 2.44. The van der Waals surface area contributed by atoms with Gasteiger partial charge in [0.05, 0.1) is 5.41 Å².